The van der Waals surface area contributed by atoms with Crippen LogP contribution in [0.3, 0.4) is 0 Å². The van der Waals surface area contributed by atoms with Crippen LogP contribution in [-0.4, -0.2) is 12.5 Å². The summed E-state index contributed by atoms with van der Waals surface area (Å²) in [6, 6.07) is 7.50. The van der Waals surface area contributed by atoms with Crippen LogP contribution in [-0.2, 0) is 4.79 Å². The smallest absolute Gasteiger partial charge is 0.243 e. The summed E-state index contributed by atoms with van der Waals surface area (Å²) in [7, 11) is 0. The Morgan fingerprint density at radius 1 is 1.35 bits per heavy atom. The molecule has 3 heteroatoms. The maximum absolute atomic E-state index is 11.7. The lowest BCUT2D eigenvalue weighted by molar-refractivity contribution is -0.116. The summed E-state index contributed by atoms with van der Waals surface area (Å²) in [4.78, 5) is 11.7. The van der Waals surface area contributed by atoms with Crippen LogP contribution in [0.25, 0.3) is 6.08 Å². The van der Waals surface area contributed by atoms with Gasteiger partial charge in [0.1, 0.15) is 0 Å². The summed E-state index contributed by atoms with van der Waals surface area (Å²) < 4.78 is 0. The van der Waals surface area contributed by atoms with Crippen molar-refractivity contribution in [3.05, 3.63) is 35.9 Å². The molecule has 1 aliphatic rings. The highest BCUT2D eigenvalue weighted by molar-refractivity contribution is 5.91. The van der Waals surface area contributed by atoms with Crippen molar-refractivity contribution in [3.8, 4) is 0 Å². The molecular weight excluding hydrogens is 248 g/mol. The lowest BCUT2D eigenvalue weighted by atomic mass is 10.0. The highest BCUT2D eigenvalue weighted by atomic mass is 16.1. The fourth-order valence-corrected chi connectivity index (χ4v) is 2.79. The molecule has 0 heterocycles. The zero-order valence-corrected chi connectivity index (χ0v) is 12.0. The first-order valence-corrected chi connectivity index (χ1v) is 7.55. The van der Waals surface area contributed by atoms with Crippen molar-refractivity contribution in [2.75, 3.05) is 12.3 Å². The van der Waals surface area contributed by atoms with E-state index in [4.69, 9.17) is 5.73 Å². The number of amides is 1. The zero-order valence-electron chi connectivity index (χ0n) is 12.0. The molecule has 3 nitrogen and oxygen atoms in total. The molecule has 0 aromatic heterocycles. The Hall–Kier alpha value is -1.77. The Morgan fingerprint density at radius 2 is 2.15 bits per heavy atom. The third-order valence-corrected chi connectivity index (χ3v) is 3.90. The van der Waals surface area contributed by atoms with Crippen LogP contribution >= 0.6 is 0 Å². The molecule has 1 aromatic rings. The first kappa shape index (κ1) is 14.6. The SMILES string of the molecule is Nc1cccc(/C=C/C(=O)NCCCC2CCCC2)c1. The van der Waals surface area contributed by atoms with Crippen LogP contribution in [0.2, 0.25) is 0 Å². The Kier molecular flexibility index (Phi) is 5.66. The average Bonchev–Trinajstić information content (AvgIpc) is 2.95. The largest absolute Gasteiger partial charge is 0.399 e. The number of benzene rings is 1. The lowest BCUT2D eigenvalue weighted by Crippen LogP contribution is -2.22. The summed E-state index contributed by atoms with van der Waals surface area (Å²) in [5.41, 5.74) is 7.35. The Bertz CT molecular complexity index is 462. The molecule has 2 rings (SSSR count). The van der Waals surface area contributed by atoms with E-state index in [2.05, 4.69) is 5.32 Å². The number of hydrogen-bond donors (Lipinski definition) is 2. The Balaban J connectivity index is 1.64. The number of nitrogens with one attached hydrogen (secondary N) is 1. The molecule has 20 heavy (non-hydrogen) atoms. The van der Waals surface area contributed by atoms with Crippen LogP contribution in [0.1, 0.15) is 44.1 Å². The summed E-state index contributed by atoms with van der Waals surface area (Å²) in [5.74, 6) is 0.869. The van der Waals surface area contributed by atoms with Gasteiger partial charge in [0, 0.05) is 18.3 Å². The van der Waals surface area contributed by atoms with Crippen molar-refractivity contribution in [1.82, 2.24) is 5.32 Å². The van der Waals surface area contributed by atoms with Gasteiger partial charge in [-0.05, 0) is 42.5 Å². The molecular formula is C17H24N2O. The van der Waals surface area contributed by atoms with Crippen molar-refractivity contribution >= 4 is 17.7 Å². The predicted molar refractivity (Wildman–Crippen MR) is 84.1 cm³/mol. The summed E-state index contributed by atoms with van der Waals surface area (Å²) in [6.07, 6.45) is 11.2. The van der Waals surface area contributed by atoms with Gasteiger partial charge in [-0.25, -0.2) is 0 Å². The third kappa shape index (κ3) is 5.08. The molecule has 1 saturated carbocycles. The molecule has 1 aliphatic carbocycles. The van der Waals surface area contributed by atoms with E-state index in [1.54, 1.807) is 12.2 Å². The highest BCUT2D eigenvalue weighted by Gasteiger charge is 2.13. The van der Waals surface area contributed by atoms with Gasteiger partial charge in [-0.3, -0.25) is 4.79 Å². The van der Waals surface area contributed by atoms with Gasteiger partial charge < -0.3 is 11.1 Å². The number of rotatable bonds is 6. The van der Waals surface area contributed by atoms with E-state index < -0.39 is 0 Å². The van der Waals surface area contributed by atoms with Crippen LogP contribution < -0.4 is 11.1 Å². The lowest BCUT2D eigenvalue weighted by Gasteiger charge is -2.08. The topological polar surface area (TPSA) is 55.1 Å². The molecule has 0 radical (unpaired) electrons. The second-order valence-electron chi connectivity index (χ2n) is 5.59. The number of nitrogen functional groups attached to an aromatic ring is 1. The number of carbonyl (C=O) groups is 1. The van der Waals surface area contributed by atoms with E-state index in [1.165, 1.54) is 32.1 Å². The van der Waals surface area contributed by atoms with E-state index in [0.29, 0.717) is 5.69 Å². The molecule has 0 bridgehead atoms. The van der Waals surface area contributed by atoms with Crippen molar-refractivity contribution < 1.29 is 4.79 Å². The van der Waals surface area contributed by atoms with Crippen molar-refractivity contribution in [1.29, 1.82) is 0 Å². The van der Waals surface area contributed by atoms with Crippen molar-refractivity contribution in [2.45, 2.75) is 38.5 Å². The van der Waals surface area contributed by atoms with E-state index in [-0.39, 0.29) is 5.91 Å². The summed E-state index contributed by atoms with van der Waals surface area (Å²) >= 11 is 0. The number of anilines is 1. The van der Waals surface area contributed by atoms with Gasteiger partial charge in [0.05, 0.1) is 0 Å². The fourth-order valence-electron chi connectivity index (χ4n) is 2.79. The monoisotopic (exact) mass is 272 g/mol. The molecule has 0 atom stereocenters. The minimum absolute atomic E-state index is 0.0288. The first-order valence-electron chi connectivity index (χ1n) is 7.55. The van der Waals surface area contributed by atoms with Crippen LogP contribution in [0, 0.1) is 5.92 Å². The Labute approximate surface area is 121 Å². The standard InChI is InChI=1S/C17H24N2O/c18-16-9-3-7-15(13-16)10-11-17(20)19-12-4-8-14-5-1-2-6-14/h3,7,9-11,13-14H,1-2,4-6,8,12,18H2,(H,19,20)/b11-10+. The average molecular weight is 272 g/mol. The van der Waals surface area contributed by atoms with Gasteiger partial charge in [-0.1, -0.05) is 37.8 Å². The van der Waals surface area contributed by atoms with E-state index in [1.807, 2.05) is 24.3 Å². The van der Waals surface area contributed by atoms with Crippen molar-refractivity contribution in [2.24, 2.45) is 5.92 Å². The van der Waals surface area contributed by atoms with Crippen LogP contribution in [0.4, 0.5) is 5.69 Å². The third-order valence-electron chi connectivity index (χ3n) is 3.90. The van der Waals surface area contributed by atoms with Gasteiger partial charge in [-0.2, -0.15) is 0 Å². The second-order valence-corrected chi connectivity index (χ2v) is 5.59. The van der Waals surface area contributed by atoms with Gasteiger partial charge >= 0.3 is 0 Å². The molecule has 0 unspecified atom stereocenters. The molecule has 3 N–H and O–H groups in total. The van der Waals surface area contributed by atoms with Gasteiger partial charge in [-0.15, -0.1) is 0 Å². The molecule has 1 amide bonds. The second kappa shape index (κ2) is 7.73. The molecule has 0 aliphatic heterocycles. The van der Waals surface area contributed by atoms with E-state index in [0.717, 1.165) is 24.4 Å². The van der Waals surface area contributed by atoms with Gasteiger partial charge in [0.2, 0.25) is 5.91 Å². The predicted octanol–water partition coefficient (Wildman–Crippen LogP) is 3.37. The van der Waals surface area contributed by atoms with Crippen LogP contribution in [0.5, 0.6) is 0 Å². The molecule has 1 fully saturated rings. The summed E-state index contributed by atoms with van der Waals surface area (Å²) in [5, 5.41) is 2.93. The molecule has 1 aromatic carbocycles. The van der Waals surface area contributed by atoms with Gasteiger partial charge in [0.15, 0.2) is 0 Å². The fraction of sp³-hybridized carbons (Fsp3) is 0.471. The molecule has 108 valence electrons. The maximum Gasteiger partial charge on any atom is 0.243 e. The maximum atomic E-state index is 11.7. The zero-order chi connectivity index (χ0) is 14.2. The minimum Gasteiger partial charge on any atom is -0.399 e. The molecule has 0 saturated heterocycles. The number of nitrogens with two attached hydrogens (primary N) is 1. The normalized spacial score (nSPS) is 15.8. The van der Waals surface area contributed by atoms with Crippen LogP contribution in [0.15, 0.2) is 30.3 Å². The molecule has 0 spiro atoms. The van der Waals surface area contributed by atoms with Crippen molar-refractivity contribution in [3.63, 3.8) is 0 Å². The minimum atomic E-state index is -0.0288. The highest BCUT2D eigenvalue weighted by Crippen LogP contribution is 2.28. The quantitative estimate of drug-likeness (QED) is 0.474. The van der Waals surface area contributed by atoms with Gasteiger partial charge in [0.25, 0.3) is 0 Å². The summed E-state index contributed by atoms with van der Waals surface area (Å²) in [6.45, 7) is 0.774. The number of carbonyl (C=O) groups excluding carboxylic acids is 1. The Morgan fingerprint density at radius 3 is 2.90 bits per heavy atom. The first-order chi connectivity index (χ1) is 9.74. The number of hydrogen-bond acceptors (Lipinski definition) is 2. The van der Waals surface area contributed by atoms with E-state index in [9.17, 15) is 4.79 Å². The van der Waals surface area contributed by atoms with E-state index >= 15 is 0 Å².